The maximum absolute atomic E-state index is 12.9. The fourth-order valence-electron chi connectivity index (χ4n) is 3.61. The second-order valence-corrected chi connectivity index (χ2v) is 7.46. The van der Waals surface area contributed by atoms with E-state index in [4.69, 9.17) is 0 Å². The first kappa shape index (κ1) is 19.3. The lowest BCUT2D eigenvalue weighted by molar-refractivity contribution is 0.0708. The molecule has 0 radical (unpaired) electrons. The molecule has 3 heterocycles. The Hall–Kier alpha value is -2.51. The number of nitrogens with zero attached hydrogens (tertiary/aromatic N) is 6. The normalized spacial score (nSPS) is 15.6. The van der Waals surface area contributed by atoms with Gasteiger partial charge >= 0.3 is 5.69 Å². The minimum atomic E-state index is -0.0796. The van der Waals surface area contributed by atoms with E-state index < -0.39 is 0 Å². The third-order valence-electron chi connectivity index (χ3n) is 5.25. The number of carbonyl (C=O) groups is 1. The van der Waals surface area contributed by atoms with Gasteiger partial charge in [-0.1, -0.05) is 13.8 Å². The highest BCUT2D eigenvalue weighted by Gasteiger charge is 2.29. The van der Waals surface area contributed by atoms with E-state index >= 15 is 0 Å². The Morgan fingerprint density at radius 1 is 1.30 bits per heavy atom. The topological polar surface area (TPSA) is 85.9 Å². The summed E-state index contributed by atoms with van der Waals surface area (Å²) in [6.07, 6.45) is 3.25. The molecule has 0 aliphatic carbocycles. The molecule has 1 saturated heterocycles. The lowest BCUT2D eigenvalue weighted by Crippen LogP contribution is -2.39. The van der Waals surface area contributed by atoms with E-state index in [9.17, 15) is 9.59 Å². The molecule has 0 bridgehead atoms. The molecule has 2 aromatic heterocycles. The summed E-state index contributed by atoms with van der Waals surface area (Å²) in [7, 11) is 1.68. The van der Waals surface area contributed by atoms with Crippen LogP contribution in [0.4, 0.5) is 0 Å². The summed E-state index contributed by atoms with van der Waals surface area (Å²) in [6.45, 7) is 9.78. The minimum absolute atomic E-state index is 0.0184. The maximum atomic E-state index is 12.9. The number of hydrogen-bond acceptors (Lipinski definition) is 5. The Bertz CT molecular complexity index is 890. The van der Waals surface area contributed by atoms with Crippen molar-refractivity contribution in [3.63, 3.8) is 0 Å². The van der Waals surface area contributed by atoms with Crippen molar-refractivity contribution in [3.8, 4) is 0 Å². The van der Waals surface area contributed by atoms with Crippen molar-refractivity contribution in [1.82, 2.24) is 29.2 Å². The third-order valence-corrected chi connectivity index (χ3v) is 5.25. The number of amides is 1. The van der Waals surface area contributed by atoms with Crippen LogP contribution in [-0.2, 0) is 13.6 Å². The number of rotatable bonds is 4. The molecular weight excluding hydrogens is 344 g/mol. The van der Waals surface area contributed by atoms with Crippen LogP contribution in [-0.4, -0.2) is 48.2 Å². The zero-order valence-corrected chi connectivity index (χ0v) is 16.8. The molecule has 1 amide bonds. The Balaban J connectivity index is 1.72. The Morgan fingerprint density at radius 3 is 2.52 bits per heavy atom. The van der Waals surface area contributed by atoms with Gasteiger partial charge in [-0.05, 0) is 26.7 Å². The second kappa shape index (κ2) is 7.62. The van der Waals surface area contributed by atoms with Crippen molar-refractivity contribution in [1.29, 1.82) is 0 Å². The fourth-order valence-corrected chi connectivity index (χ4v) is 3.61. The average molecular weight is 372 g/mol. The number of aryl methyl sites for hydroxylation is 2. The van der Waals surface area contributed by atoms with Crippen LogP contribution in [0.3, 0.4) is 0 Å². The van der Waals surface area contributed by atoms with Gasteiger partial charge in [0.05, 0.1) is 11.3 Å². The summed E-state index contributed by atoms with van der Waals surface area (Å²) in [5.41, 5.74) is 1.22. The summed E-state index contributed by atoms with van der Waals surface area (Å²) in [6, 6.07) is 0. The largest absolute Gasteiger partial charge is 0.345 e. The number of likely N-dealkylation sites (tertiary alicyclic amines) is 1. The van der Waals surface area contributed by atoms with E-state index in [2.05, 4.69) is 15.1 Å². The fraction of sp³-hybridized carbons (Fsp3) is 0.632. The number of carbonyl (C=O) groups excluding carboxylic acids is 1. The molecule has 0 atom stereocenters. The summed E-state index contributed by atoms with van der Waals surface area (Å²) < 4.78 is 3.12. The van der Waals surface area contributed by atoms with Gasteiger partial charge in [0.25, 0.3) is 5.91 Å². The van der Waals surface area contributed by atoms with Gasteiger partial charge in [-0.2, -0.15) is 5.10 Å². The highest BCUT2D eigenvalue weighted by atomic mass is 16.2. The molecule has 8 nitrogen and oxygen atoms in total. The van der Waals surface area contributed by atoms with Crippen molar-refractivity contribution >= 4 is 5.91 Å². The smallest absolute Gasteiger partial charge is 0.338 e. The first-order chi connectivity index (χ1) is 12.8. The van der Waals surface area contributed by atoms with E-state index in [1.165, 1.54) is 4.68 Å². The molecule has 3 rings (SSSR count). The number of piperidine rings is 1. The van der Waals surface area contributed by atoms with Gasteiger partial charge in [-0.25, -0.2) is 19.4 Å². The van der Waals surface area contributed by atoms with Crippen LogP contribution < -0.4 is 5.69 Å². The van der Waals surface area contributed by atoms with Crippen LogP contribution in [0.1, 0.15) is 73.1 Å². The highest BCUT2D eigenvalue weighted by molar-refractivity contribution is 5.95. The van der Waals surface area contributed by atoms with E-state index in [0.717, 1.165) is 30.2 Å². The van der Waals surface area contributed by atoms with Crippen LogP contribution in [0.15, 0.2) is 11.0 Å². The van der Waals surface area contributed by atoms with Crippen molar-refractivity contribution in [2.45, 2.75) is 58.9 Å². The molecule has 146 valence electrons. The SMILES string of the molecule is CCn1c(C2CCN(C(=O)c3cnc(C(C)C)nc3C)CC2)nn(C)c1=O. The predicted octanol–water partition coefficient (Wildman–Crippen LogP) is 1.84. The summed E-state index contributed by atoms with van der Waals surface area (Å²) in [5, 5.41) is 4.42. The Kier molecular flexibility index (Phi) is 5.43. The Morgan fingerprint density at radius 2 is 1.96 bits per heavy atom. The molecule has 0 aromatic carbocycles. The van der Waals surface area contributed by atoms with Crippen molar-refractivity contribution in [2.24, 2.45) is 7.05 Å². The van der Waals surface area contributed by atoms with Gasteiger partial charge in [0.2, 0.25) is 0 Å². The molecule has 2 aromatic rings. The zero-order chi connectivity index (χ0) is 19.7. The molecule has 0 spiro atoms. The van der Waals surface area contributed by atoms with Gasteiger partial charge in [-0.3, -0.25) is 9.36 Å². The quantitative estimate of drug-likeness (QED) is 0.817. The molecule has 8 heteroatoms. The number of aromatic nitrogens is 5. The molecule has 0 saturated carbocycles. The van der Waals surface area contributed by atoms with Crippen molar-refractivity contribution in [3.05, 3.63) is 39.6 Å². The van der Waals surface area contributed by atoms with Crippen LogP contribution in [0, 0.1) is 6.92 Å². The second-order valence-electron chi connectivity index (χ2n) is 7.46. The Labute approximate surface area is 159 Å². The van der Waals surface area contributed by atoms with E-state index in [1.807, 2.05) is 32.6 Å². The monoisotopic (exact) mass is 372 g/mol. The standard InChI is InChI=1S/C19H28N6O2/c1-6-25-17(22-23(5)19(25)27)14-7-9-24(10-8-14)18(26)15-11-20-16(12(2)3)21-13(15)4/h11-12,14H,6-10H2,1-5H3. The lowest BCUT2D eigenvalue weighted by atomic mass is 9.95. The van der Waals surface area contributed by atoms with Crippen molar-refractivity contribution in [2.75, 3.05) is 13.1 Å². The van der Waals surface area contributed by atoms with Gasteiger partial charge in [0, 0.05) is 44.7 Å². The van der Waals surface area contributed by atoms with Gasteiger partial charge in [-0.15, -0.1) is 0 Å². The maximum Gasteiger partial charge on any atom is 0.345 e. The average Bonchev–Trinajstić information content (AvgIpc) is 2.95. The van der Waals surface area contributed by atoms with E-state index in [0.29, 0.717) is 25.2 Å². The van der Waals surface area contributed by atoms with Crippen LogP contribution >= 0.6 is 0 Å². The molecule has 1 aliphatic heterocycles. The van der Waals surface area contributed by atoms with Crippen LogP contribution in [0.25, 0.3) is 0 Å². The van der Waals surface area contributed by atoms with E-state index in [-0.39, 0.29) is 23.4 Å². The van der Waals surface area contributed by atoms with Crippen LogP contribution in [0.5, 0.6) is 0 Å². The molecule has 1 aliphatic rings. The summed E-state index contributed by atoms with van der Waals surface area (Å²) in [5.74, 6) is 2.00. The zero-order valence-electron chi connectivity index (χ0n) is 16.8. The van der Waals surface area contributed by atoms with Crippen molar-refractivity contribution < 1.29 is 4.79 Å². The van der Waals surface area contributed by atoms with Gasteiger partial charge < -0.3 is 4.90 Å². The number of hydrogen-bond donors (Lipinski definition) is 0. The predicted molar refractivity (Wildman–Crippen MR) is 102 cm³/mol. The van der Waals surface area contributed by atoms with E-state index in [1.54, 1.807) is 17.8 Å². The summed E-state index contributed by atoms with van der Waals surface area (Å²) in [4.78, 5) is 35.7. The summed E-state index contributed by atoms with van der Waals surface area (Å²) >= 11 is 0. The lowest BCUT2D eigenvalue weighted by Gasteiger charge is -2.31. The molecule has 0 N–H and O–H groups in total. The third kappa shape index (κ3) is 3.65. The molecule has 1 fully saturated rings. The first-order valence-corrected chi connectivity index (χ1v) is 9.60. The minimum Gasteiger partial charge on any atom is -0.338 e. The molecular formula is C19H28N6O2. The van der Waals surface area contributed by atoms with Gasteiger partial charge in [0.15, 0.2) is 0 Å². The molecule has 27 heavy (non-hydrogen) atoms. The van der Waals surface area contributed by atoms with Gasteiger partial charge in [0.1, 0.15) is 11.6 Å². The van der Waals surface area contributed by atoms with Crippen LogP contribution in [0.2, 0.25) is 0 Å². The highest BCUT2D eigenvalue weighted by Crippen LogP contribution is 2.27. The molecule has 0 unspecified atom stereocenters. The first-order valence-electron chi connectivity index (χ1n) is 9.60.